The number of aliphatic hydroxyl groups excluding tert-OH is 1. The van der Waals surface area contributed by atoms with Gasteiger partial charge in [-0.05, 0) is 25.8 Å². The van der Waals surface area contributed by atoms with Crippen LogP contribution in [-0.4, -0.2) is 52.7 Å². The van der Waals surface area contributed by atoms with Gasteiger partial charge in [0.25, 0.3) is 0 Å². The summed E-state index contributed by atoms with van der Waals surface area (Å²) in [5, 5.41) is 18.3. The summed E-state index contributed by atoms with van der Waals surface area (Å²) in [6.07, 6.45) is 2.66. The van der Waals surface area contributed by atoms with Gasteiger partial charge in [-0.15, -0.1) is 0 Å². The number of rotatable bonds is 5. The van der Waals surface area contributed by atoms with E-state index in [2.05, 4.69) is 0 Å². The molecule has 0 aromatic carbocycles. The molecule has 1 aromatic rings. The van der Waals surface area contributed by atoms with Crippen molar-refractivity contribution >= 4 is 16.0 Å². The molecule has 0 spiro atoms. The van der Waals surface area contributed by atoms with Crippen molar-refractivity contribution in [2.24, 2.45) is 0 Å². The van der Waals surface area contributed by atoms with E-state index in [1.54, 1.807) is 6.92 Å². The number of carbonyl (C=O) groups is 1. The fraction of sp³-hybridized carbons (Fsp3) is 0.583. The summed E-state index contributed by atoms with van der Waals surface area (Å²) in [4.78, 5) is 11.1. The Morgan fingerprint density at radius 3 is 2.70 bits per heavy atom. The van der Waals surface area contributed by atoms with Gasteiger partial charge in [0.15, 0.2) is 0 Å². The Hall–Kier alpha value is -1.38. The summed E-state index contributed by atoms with van der Waals surface area (Å²) in [5.41, 5.74) is -0.0502. The van der Waals surface area contributed by atoms with E-state index < -0.39 is 22.0 Å². The molecule has 1 saturated heterocycles. The largest absolute Gasteiger partial charge is 0.477 e. The minimum atomic E-state index is -3.76. The van der Waals surface area contributed by atoms with Crippen LogP contribution < -0.4 is 0 Å². The van der Waals surface area contributed by atoms with E-state index in [-0.39, 0.29) is 17.2 Å². The standard InChI is InChI=1S/C12H18N2O5S/c1-2-13-7-10(6-11(13)12(16)17)20(18,19)14-5-3-4-9(14)8-15/h6-7,9,15H,2-5,8H2,1H3,(H,16,17). The molecule has 2 heterocycles. The first-order chi connectivity index (χ1) is 9.41. The van der Waals surface area contributed by atoms with Crippen LogP contribution in [0.25, 0.3) is 0 Å². The monoisotopic (exact) mass is 302 g/mol. The molecule has 1 atom stereocenters. The number of aromatic carboxylic acids is 1. The second-order valence-corrected chi connectivity index (χ2v) is 6.64. The molecule has 1 unspecified atom stereocenters. The van der Waals surface area contributed by atoms with E-state index in [0.29, 0.717) is 25.9 Å². The first-order valence-electron chi connectivity index (χ1n) is 6.48. The Morgan fingerprint density at radius 2 is 2.20 bits per heavy atom. The molecule has 112 valence electrons. The Balaban J connectivity index is 2.42. The number of sulfonamides is 1. The molecule has 2 rings (SSSR count). The van der Waals surface area contributed by atoms with E-state index in [1.165, 1.54) is 21.1 Å². The predicted octanol–water partition coefficient (Wildman–Crippen LogP) is 0.352. The summed E-state index contributed by atoms with van der Waals surface area (Å²) >= 11 is 0. The lowest BCUT2D eigenvalue weighted by Crippen LogP contribution is -2.37. The maximum atomic E-state index is 12.5. The van der Waals surface area contributed by atoms with Crippen molar-refractivity contribution in [2.45, 2.75) is 37.2 Å². The van der Waals surface area contributed by atoms with Gasteiger partial charge in [0.2, 0.25) is 10.0 Å². The van der Waals surface area contributed by atoms with Gasteiger partial charge < -0.3 is 14.8 Å². The number of aromatic nitrogens is 1. The molecule has 7 nitrogen and oxygen atoms in total. The van der Waals surface area contributed by atoms with Gasteiger partial charge in [0.1, 0.15) is 10.6 Å². The van der Waals surface area contributed by atoms with Crippen molar-refractivity contribution in [3.05, 3.63) is 18.0 Å². The first-order valence-corrected chi connectivity index (χ1v) is 7.92. The number of nitrogens with zero attached hydrogens (tertiary/aromatic N) is 2. The molecule has 1 aliphatic heterocycles. The van der Waals surface area contributed by atoms with Gasteiger partial charge in [-0.2, -0.15) is 4.31 Å². The lowest BCUT2D eigenvalue weighted by atomic mass is 10.2. The minimum absolute atomic E-state index is 0.0305. The number of hydrogen-bond donors (Lipinski definition) is 2. The lowest BCUT2D eigenvalue weighted by Gasteiger charge is -2.21. The molecule has 1 fully saturated rings. The first kappa shape index (κ1) is 15.0. The second kappa shape index (κ2) is 5.55. The van der Waals surface area contributed by atoms with Crippen LogP contribution in [0.15, 0.2) is 17.2 Å². The third-order valence-electron chi connectivity index (χ3n) is 3.57. The maximum absolute atomic E-state index is 12.5. The van der Waals surface area contributed by atoms with Gasteiger partial charge in [0, 0.05) is 25.3 Å². The summed E-state index contributed by atoms with van der Waals surface area (Å²) < 4.78 is 27.7. The fourth-order valence-electron chi connectivity index (χ4n) is 2.51. The third-order valence-corrected chi connectivity index (χ3v) is 5.49. The maximum Gasteiger partial charge on any atom is 0.352 e. The Labute approximate surface area is 117 Å². The highest BCUT2D eigenvalue weighted by molar-refractivity contribution is 7.89. The Morgan fingerprint density at radius 1 is 1.50 bits per heavy atom. The van der Waals surface area contributed by atoms with E-state index in [4.69, 9.17) is 5.11 Å². The molecule has 1 aliphatic rings. The van der Waals surface area contributed by atoms with Gasteiger partial charge >= 0.3 is 5.97 Å². The average Bonchev–Trinajstić information content (AvgIpc) is 3.05. The Kier molecular flexibility index (Phi) is 4.17. The van der Waals surface area contributed by atoms with E-state index >= 15 is 0 Å². The number of carboxylic acids is 1. The van der Waals surface area contributed by atoms with Gasteiger partial charge in [-0.25, -0.2) is 13.2 Å². The zero-order valence-electron chi connectivity index (χ0n) is 11.2. The number of aliphatic hydroxyl groups is 1. The van der Waals surface area contributed by atoms with Crippen LogP contribution in [0.1, 0.15) is 30.3 Å². The molecule has 0 bridgehead atoms. The van der Waals surface area contributed by atoms with Crippen LogP contribution in [0.3, 0.4) is 0 Å². The van der Waals surface area contributed by atoms with Crippen LogP contribution in [0, 0.1) is 0 Å². The molecule has 8 heteroatoms. The minimum Gasteiger partial charge on any atom is -0.477 e. The molecule has 0 radical (unpaired) electrons. The molecular weight excluding hydrogens is 284 g/mol. The SMILES string of the molecule is CCn1cc(S(=O)(=O)N2CCCC2CO)cc1C(=O)O. The number of carboxylic acid groups (broad SMARTS) is 1. The van der Waals surface area contributed by atoms with Gasteiger partial charge in [-0.1, -0.05) is 0 Å². The van der Waals surface area contributed by atoms with E-state index in [0.717, 1.165) is 0 Å². The molecule has 1 aromatic heterocycles. The summed E-state index contributed by atoms with van der Waals surface area (Å²) in [6.45, 7) is 2.25. The van der Waals surface area contributed by atoms with Gasteiger partial charge in [0.05, 0.1) is 6.61 Å². The highest BCUT2D eigenvalue weighted by Crippen LogP contribution is 2.27. The normalized spacial score (nSPS) is 20.4. The molecule has 20 heavy (non-hydrogen) atoms. The van der Waals surface area contributed by atoms with Crippen molar-refractivity contribution in [1.29, 1.82) is 0 Å². The van der Waals surface area contributed by atoms with Crippen LogP contribution in [0.4, 0.5) is 0 Å². The van der Waals surface area contributed by atoms with E-state index in [9.17, 15) is 18.3 Å². The third kappa shape index (κ3) is 2.46. The van der Waals surface area contributed by atoms with Crippen molar-refractivity contribution in [3.63, 3.8) is 0 Å². The van der Waals surface area contributed by atoms with Crippen molar-refractivity contribution in [1.82, 2.24) is 8.87 Å². The van der Waals surface area contributed by atoms with E-state index in [1.807, 2.05) is 0 Å². The average molecular weight is 302 g/mol. The van der Waals surface area contributed by atoms with Crippen LogP contribution in [0.5, 0.6) is 0 Å². The second-order valence-electron chi connectivity index (χ2n) is 4.75. The fourth-order valence-corrected chi connectivity index (χ4v) is 4.23. The van der Waals surface area contributed by atoms with Crippen LogP contribution in [-0.2, 0) is 16.6 Å². The topological polar surface area (TPSA) is 99.8 Å². The van der Waals surface area contributed by atoms with Crippen LogP contribution >= 0.6 is 0 Å². The Bertz CT molecular complexity index is 607. The molecule has 0 saturated carbocycles. The summed E-state index contributed by atoms with van der Waals surface area (Å²) in [7, 11) is -3.76. The molecule has 2 N–H and O–H groups in total. The van der Waals surface area contributed by atoms with Crippen LogP contribution in [0.2, 0.25) is 0 Å². The quantitative estimate of drug-likeness (QED) is 0.817. The highest BCUT2D eigenvalue weighted by atomic mass is 32.2. The predicted molar refractivity (Wildman–Crippen MR) is 71.1 cm³/mol. The zero-order chi connectivity index (χ0) is 14.9. The molecule has 0 aliphatic carbocycles. The number of aryl methyl sites for hydroxylation is 1. The molecule has 0 amide bonds. The summed E-state index contributed by atoms with van der Waals surface area (Å²) in [6, 6.07) is 0.756. The van der Waals surface area contributed by atoms with Crippen molar-refractivity contribution in [3.8, 4) is 0 Å². The molecular formula is C12H18N2O5S. The smallest absolute Gasteiger partial charge is 0.352 e. The summed E-state index contributed by atoms with van der Waals surface area (Å²) in [5.74, 6) is -1.16. The van der Waals surface area contributed by atoms with Crippen molar-refractivity contribution < 1.29 is 23.4 Å². The lowest BCUT2D eigenvalue weighted by molar-refractivity contribution is 0.0685. The van der Waals surface area contributed by atoms with Gasteiger partial charge in [-0.3, -0.25) is 0 Å². The van der Waals surface area contributed by atoms with Crippen molar-refractivity contribution in [2.75, 3.05) is 13.2 Å². The highest BCUT2D eigenvalue weighted by Gasteiger charge is 2.36. The zero-order valence-corrected chi connectivity index (χ0v) is 12.0. The number of hydrogen-bond acceptors (Lipinski definition) is 4.